The minimum Gasteiger partial charge on any atom is -0.299 e. The van der Waals surface area contributed by atoms with Crippen molar-refractivity contribution in [3.63, 3.8) is 0 Å². The maximum Gasteiger partial charge on any atom is 0.170 e. The summed E-state index contributed by atoms with van der Waals surface area (Å²) in [6.07, 6.45) is 2.28. The fourth-order valence-corrected chi connectivity index (χ4v) is 2.45. The summed E-state index contributed by atoms with van der Waals surface area (Å²) in [5.41, 5.74) is 3.05. The predicted octanol–water partition coefficient (Wildman–Crippen LogP) is 4.00. The standard InChI is InChI=1S/C17H24O2/c1-5-13-8-7-9-16(15(13)6-2)17(19)11-14(18)10-12(3)4/h7-9,12H,5-6,10-11H2,1-4H3. The first-order valence-corrected chi connectivity index (χ1v) is 7.15. The number of Topliss-reactive ketones (excluding diaryl/α,β-unsaturated/α-hetero) is 2. The highest BCUT2D eigenvalue weighted by molar-refractivity contribution is 6.08. The molecule has 0 amide bonds. The Bertz CT molecular complexity index is 458. The molecule has 2 nitrogen and oxygen atoms in total. The van der Waals surface area contributed by atoms with Gasteiger partial charge in [-0.3, -0.25) is 9.59 Å². The van der Waals surface area contributed by atoms with E-state index in [1.165, 1.54) is 5.56 Å². The molecule has 0 saturated heterocycles. The van der Waals surface area contributed by atoms with Gasteiger partial charge in [0.1, 0.15) is 5.78 Å². The lowest BCUT2D eigenvalue weighted by molar-refractivity contribution is -0.118. The van der Waals surface area contributed by atoms with Crippen LogP contribution >= 0.6 is 0 Å². The molecule has 0 aliphatic carbocycles. The molecule has 0 radical (unpaired) electrons. The Kier molecular flexibility index (Phi) is 5.94. The lowest BCUT2D eigenvalue weighted by Crippen LogP contribution is -2.13. The van der Waals surface area contributed by atoms with Gasteiger partial charge in [0.05, 0.1) is 6.42 Å². The third kappa shape index (κ3) is 4.30. The zero-order valence-electron chi connectivity index (χ0n) is 12.5. The second-order valence-electron chi connectivity index (χ2n) is 5.39. The van der Waals surface area contributed by atoms with Crippen molar-refractivity contribution in [2.45, 2.75) is 53.4 Å². The fourth-order valence-electron chi connectivity index (χ4n) is 2.45. The van der Waals surface area contributed by atoms with E-state index in [0.717, 1.165) is 24.0 Å². The zero-order chi connectivity index (χ0) is 14.4. The smallest absolute Gasteiger partial charge is 0.170 e. The number of carbonyl (C=O) groups is 2. The van der Waals surface area contributed by atoms with E-state index in [1.54, 1.807) is 0 Å². The number of rotatable bonds is 7. The van der Waals surface area contributed by atoms with Gasteiger partial charge in [0.2, 0.25) is 0 Å². The summed E-state index contributed by atoms with van der Waals surface area (Å²) in [4.78, 5) is 24.0. The van der Waals surface area contributed by atoms with E-state index < -0.39 is 0 Å². The summed E-state index contributed by atoms with van der Waals surface area (Å²) in [7, 11) is 0. The van der Waals surface area contributed by atoms with Gasteiger partial charge < -0.3 is 0 Å². The van der Waals surface area contributed by atoms with Crippen LogP contribution in [0, 0.1) is 5.92 Å². The summed E-state index contributed by atoms with van der Waals surface area (Å²) in [5, 5.41) is 0. The molecule has 2 heteroatoms. The topological polar surface area (TPSA) is 34.1 Å². The minimum absolute atomic E-state index is 0.0298. The van der Waals surface area contributed by atoms with Crippen LogP contribution in [0.15, 0.2) is 18.2 Å². The molecule has 0 spiro atoms. The maximum atomic E-state index is 12.3. The van der Waals surface area contributed by atoms with Crippen molar-refractivity contribution in [1.82, 2.24) is 0 Å². The Labute approximate surface area is 116 Å². The van der Waals surface area contributed by atoms with Crippen molar-refractivity contribution < 1.29 is 9.59 Å². The quantitative estimate of drug-likeness (QED) is 0.548. The van der Waals surface area contributed by atoms with Crippen LogP contribution in [-0.2, 0) is 17.6 Å². The van der Waals surface area contributed by atoms with Gasteiger partial charge >= 0.3 is 0 Å². The zero-order valence-corrected chi connectivity index (χ0v) is 12.5. The second kappa shape index (κ2) is 7.22. The Morgan fingerprint density at radius 1 is 1.11 bits per heavy atom. The predicted molar refractivity (Wildman–Crippen MR) is 78.6 cm³/mol. The van der Waals surface area contributed by atoms with Gasteiger partial charge in [0.25, 0.3) is 0 Å². The van der Waals surface area contributed by atoms with Crippen molar-refractivity contribution in [3.8, 4) is 0 Å². The van der Waals surface area contributed by atoms with Crippen LogP contribution in [0.5, 0.6) is 0 Å². The highest BCUT2D eigenvalue weighted by atomic mass is 16.1. The van der Waals surface area contributed by atoms with Crippen molar-refractivity contribution in [3.05, 3.63) is 34.9 Å². The molecule has 19 heavy (non-hydrogen) atoms. The van der Waals surface area contributed by atoms with Crippen molar-refractivity contribution in [2.24, 2.45) is 5.92 Å². The molecule has 104 valence electrons. The van der Waals surface area contributed by atoms with E-state index in [4.69, 9.17) is 0 Å². The molecule has 0 fully saturated rings. The van der Waals surface area contributed by atoms with Crippen LogP contribution < -0.4 is 0 Å². The van der Waals surface area contributed by atoms with Crippen LogP contribution in [0.2, 0.25) is 0 Å². The highest BCUT2D eigenvalue weighted by Gasteiger charge is 2.16. The molecule has 0 aliphatic heterocycles. The van der Waals surface area contributed by atoms with E-state index in [-0.39, 0.29) is 18.0 Å². The molecule has 0 unspecified atom stereocenters. The minimum atomic E-state index is -0.0298. The second-order valence-corrected chi connectivity index (χ2v) is 5.39. The van der Waals surface area contributed by atoms with Gasteiger partial charge in [0, 0.05) is 12.0 Å². The van der Waals surface area contributed by atoms with Gasteiger partial charge in [-0.2, -0.15) is 0 Å². The summed E-state index contributed by atoms with van der Waals surface area (Å²) >= 11 is 0. The van der Waals surface area contributed by atoms with Gasteiger partial charge in [-0.05, 0) is 29.9 Å². The van der Waals surface area contributed by atoms with E-state index in [0.29, 0.717) is 12.3 Å². The van der Waals surface area contributed by atoms with Gasteiger partial charge in [-0.15, -0.1) is 0 Å². The first kappa shape index (κ1) is 15.6. The molecule has 0 atom stereocenters. The molecule has 0 aromatic heterocycles. The molecule has 0 N–H and O–H groups in total. The van der Waals surface area contributed by atoms with E-state index in [1.807, 2.05) is 26.0 Å². The number of ketones is 2. The largest absolute Gasteiger partial charge is 0.299 e. The molecule has 0 bridgehead atoms. The normalized spacial score (nSPS) is 10.8. The summed E-state index contributed by atoms with van der Waals surface area (Å²) in [6, 6.07) is 5.83. The van der Waals surface area contributed by atoms with Crippen LogP contribution in [0.4, 0.5) is 0 Å². The Balaban J connectivity index is 2.91. The first-order valence-electron chi connectivity index (χ1n) is 7.15. The monoisotopic (exact) mass is 260 g/mol. The average Bonchev–Trinajstić information content (AvgIpc) is 2.36. The van der Waals surface area contributed by atoms with E-state index in [9.17, 15) is 9.59 Å². The van der Waals surface area contributed by atoms with Gasteiger partial charge in [0.15, 0.2) is 5.78 Å². The molecule has 0 saturated carbocycles. The van der Waals surface area contributed by atoms with Gasteiger partial charge in [-0.25, -0.2) is 0 Å². The molecule has 1 aromatic rings. The molecule has 0 heterocycles. The van der Waals surface area contributed by atoms with E-state index >= 15 is 0 Å². The average molecular weight is 260 g/mol. The van der Waals surface area contributed by atoms with Gasteiger partial charge in [-0.1, -0.05) is 45.9 Å². The molecular weight excluding hydrogens is 236 g/mol. The van der Waals surface area contributed by atoms with Crippen molar-refractivity contribution >= 4 is 11.6 Å². The molecule has 0 aliphatic rings. The third-order valence-corrected chi connectivity index (χ3v) is 3.30. The molecule has 1 aromatic carbocycles. The van der Waals surface area contributed by atoms with Crippen molar-refractivity contribution in [1.29, 1.82) is 0 Å². The Morgan fingerprint density at radius 2 is 1.79 bits per heavy atom. The van der Waals surface area contributed by atoms with Crippen LogP contribution in [-0.4, -0.2) is 11.6 Å². The van der Waals surface area contributed by atoms with Crippen molar-refractivity contribution in [2.75, 3.05) is 0 Å². The number of hydrogen-bond donors (Lipinski definition) is 0. The van der Waals surface area contributed by atoms with Crippen LogP contribution in [0.3, 0.4) is 0 Å². The fraction of sp³-hybridized carbons (Fsp3) is 0.529. The summed E-state index contributed by atoms with van der Waals surface area (Å²) in [5.74, 6) is 0.328. The summed E-state index contributed by atoms with van der Waals surface area (Å²) < 4.78 is 0. The number of carbonyl (C=O) groups excluding carboxylic acids is 2. The highest BCUT2D eigenvalue weighted by Crippen LogP contribution is 2.19. The molecule has 1 rings (SSSR count). The Morgan fingerprint density at radius 3 is 2.32 bits per heavy atom. The maximum absolute atomic E-state index is 12.3. The SMILES string of the molecule is CCc1cccc(C(=O)CC(=O)CC(C)C)c1CC. The summed E-state index contributed by atoms with van der Waals surface area (Å²) in [6.45, 7) is 8.14. The lowest BCUT2D eigenvalue weighted by atomic mass is 9.92. The lowest BCUT2D eigenvalue weighted by Gasteiger charge is -2.11. The number of hydrogen-bond acceptors (Lipinski definition) is 2. The number of aryl methyl sites for hydroxylation is 1. The van der Waals surface area contributed by atoms with Crippen LogP contribution in [0.1, 0.15) is 62.0 Å². The number of benzene rings is 1. The first-order chi connectivity index (χ1) is 8.99. The Hall–Kier alpha value is -1.44. The third-order valence-electron chi connectivity index (χ3n) is 3.30. The van der Waals surface area contributed by atoms with Crippen LogP contribution in [0.25, 0.3) is 0 Å². The molecular formula is C17H24O2. The van der Waals surface area contributed by atoms with E-state index in [2.05, 4.69) is 19.9 Å².